The van der Waals surface area contributed by atoms with E-state index < -0.39 is 4.92 Å². The van der Waals surface area contributed by atoms with Crippen molar-refractivity contribution in [3.8, 4) is 0 Å². The molecule has 0 radical (unpaired) electrons. The Morgan fingerprint density at radius 2 is 2.12 bits per heavy atom. The molecule has 1 fully saturated rings. The van der Waals surface area contributed by atoms with Gasteiger partial charge in [-0.05, 0) is 12.5 Å². The Morgan fingerprint density at radius 1 is 1.44 bits per heavy atom. The molecule has 0 spiro atoms. The highest BCUT2D eigenvalue weighted by atomic mass is 35.5. The second-order valence-electron chi connectivity index (χ2n) is 3.57. The van der Waals surface area contributed by atoms with E-state index in [9.17, 15) is 14.9 Å². The highest BCUT2D eigenvalue weighted by molar-refractivity contribution is 6.34. The number of nitro groups is 1. The number of carbonyl (C=O) groups excluding carboxylic acids is 1. The number of non-ortho nitro benzene ring substituents is 1. The topological polar surface area (TPSA) is 63.4 Å². The van der Waals surface area contributed by atoms with Gasteiger partial charge >= 0.3 is 0 Å². The molecule has 1 aromatic rings. The lowest BCUT2D eigenvalue weighted by Gasteiger charge is -2.31. The molecule has 0 bridgehead atoms. The van der Waals surface area contributed by atoms with Crippen molar-refractivity contribution in [3.05, 3.63) is 38.9 Å². The van der Waals surface area contributed by atoms with Crippen LogP contribution in [0.15, 0.2) is 18.2 Å². The number of hydrogen-bond acceptors (Lipinski definition) is 3. The minimum Gasteiger partial charge on any atom is -0.338 e. The van der Waals surface area contributed by atoms with E-state index >= 15 is 0 Å². The molecule has 1 heterocycles. The monoisotopic (exact) mass is 240 g/mol. The third kappa shape index (κ3) is 1.86. The van der Waals surface area contributed by atoms with Gasteiger partial charge in [0.05, 0.1) is 15.5 Å². The van der Waals surface area contributed by atoms with Gasteiger partial charge in [0.1, 0.15) is 0 Å². The molecule has 6 heteroatoms. The molecule has 0 N–H and O–H groups in total. The molecular weight excluding hydrogens is 232 g/mol. The quantitative estimate of drug-likeness (QED) is 0.587. The average Bonchev–Trinajstić information content (AvgIpc) is 2.14. The van der Waals surface area contributed by atoms with Crippen molar-refractivity contribution in [3.63, 3.8) is 0 Å². The summed E-state index contributed by atoms with van der Waals surface area (Å²) in [6.45, 7) is 1.46. The number of benzene rings is 1. The number of halogens is 1. The Morgan fingerprint density at radius 3 is 2.56 bits per heavy atom. The zero-order valence-corrected chi connectivity index (χ0v) is 9.11. The molecule has 1 amide bonds. The molecule has 2 rings (SSSR count). The van der Waals surface area contributed by atoms with E-state index in [0.29, 0.717) is 5.56 Å². The average molecular weight is 241 g/mol. The Hall–Kier alpha value is -1.62. The molecule has 1 aliphatic heterocycles. The number of carbonyl (C=O) groups is 1. The number of nitrogens with zero attached hydrogens (tertiary/aromatic N) is 2. The zero-order valence-electron chi connectivity index (χ0n) is 8.35. The van der Waals surface area contributed by atoms with Crippen molar-refractivity contribution in [1.82, 2.24) is 4.90 Å². The van der Waals surface area contributed by atoms with Crippen molar-refractivity contribution < 1.29 is 9.72 Å². The summed E-state index contributed by atoms with van der Waals surface area (Å²) in [5, 5.41) is 10.6. The van der Waals surface area contributed by atoms with Crippen molar-refractivity contribution in [2.24, 2.45) is 0 Å². The summed E-state index contributed by atoms with van der Waals surface area (Å²) in [6, 6.07) is 3.90. The van der Waals surface area contributed by atoms with Gasteiger partial charge in [-0.2, -0.15) is 0 Å². The van der Waals surface area contributed by atoms with Crippen LogP contribution in [0.1, 0.15) is 16.8 Å². The molecule has 1 aliphatic rings. The summed E-state index contributed by atoms with van der Waals surface area (Å²) >= 11 is 5.84. The lowest BCUT2D eigenvalue weighted by Crippen LogP contribution is -2.42. The summed E-state index contributed by atoms with van der Waals surface area (Å²) < 4.78 is 0. The fourth-order valence-electron chi connectivity index (χ4n) is 1.48. The minimum atomic E-state index is -0.538. The fraction of sp³-hybridized carbons (Fsp3) is 0.300. The van der Waals surface area contributed by atoms with Crippen LogP contribution in [0.2, 0.25) is 5.02 Å². The second kappa shape index (κ2) is 4.09. The van der Waals surface area contributed by atoms with Crippen molar-refractivity contribution >= 4 is 23.2 Å². The molecule has 0 atom stereocenters. The van der Waals surface area contributed by atoms with Crippen LogP contribution < -0.4 is 0 Å². The smallest absolute Gasteiger partial charge is 0.270 e. The second-order valence-corrected chi connectivity index (χ2v) is 3.97. The lowest BCUT2D eigenvalue weighted by molar-refractivity contribution is -0.384. The Labute approximate surface area is 96.8 Å². The van der Waals surface area contributed by atoms with Gasteiger partial charge in [-0.3, -0.25) is 14.9 Å². The molecule has 0 saturated carbocycles. The van der Waals surface area contributed by atoms with Gasteiger partial charge in [-0.25, -0.2) is 0 Å². The first-order valence-electron chi connectivity index (χ1n) is 4.83. The van der Waals surface area contributed by atoms with Crippen LogP contribution in [-0.2, 0) is 0 Å². The van der Waals surface area contributed by atoms with E-state index in [1.165, 1.54) is 18.2 Å². The van der Waals surface area contributed by atoms with Gasteiger partial charge in [0.15, 0.2) is 0 Å². The molecule has 16 heavy (non-hydrogen) atoms. The maximum atomic E-state index is 11.8. The highest BCUT2D eigenvalue weighted by Gasteiger charge is 2.24. The largest absolute Gasteiger partial charge is 0.338 e. The zero-order chi connectivity index (χ0) is 11.7. The SMILES string of the molecule is O=C(c1ccc([N+](=O)[O-])cc1Cl)N1CCC1. The summed E-state index contributed by atoms with van der Waals surface area (Å²) in [6.07, 6.45) is 0.996. The van der Waals surface area contributed by atoms with E-state index in [-0.39, 0.29) is 16.6 Å². The summed E-state index contributed by atoms with van der Waals surface area (Å²) in [7, 11) is 0. The Balaban J connectivity index is 2.28. The first-order valence-corrected chi connectivity index (χ1v) is 5.20. The molecular formula is C10H9ClN2O3. The number of amides is 1. The van der Waals surface area contributed by atoms with E-state index in [2.05, 4.69) is 0 Å². The van der Waals surface area contributed by atoms with Crippen LogP contribution in [0.3, 0.4) is 0 Å². The van der Waals surface area contributed by atoms with Crippen molar-refractivity contribution in [2.75, 3.05) is 13.1 Å². The first-order chi connectivity index (χ1) is 7.59. The van der Waals surface area contributed by atoms with Crippen LogP contribution in [0.25, 0.3) is 0 Å². The standard InChI is InChI=1S/C10H9ClN2O3/c11-9-6-7(13(15)16)2-3-8(9)10(14)12-4-1-5-12/h2-3,6H,1,4-5H2. The maximum absolute atomic E-state index is 11.8. The van der Waals surface area contributed by atoms with E-state index in [1.54, 1.807) is 4.90 Å². The molecule has 1 aromatic carbocycles. The lowest BCUT2D eigenvalue weighted by atomic mass is 10.1. The number of likely N-dealkylation sites (tertiary alicyclic amines) is 1. The molecule has 0 aromatic heterocycles. The Kier molecular flexibility index (Phi) is 2.78. The highest BCUT2D eigenvalue weighted by Crippen LogP contribution is 2.24. The Bertz CT molecular complexity index is 457. The number of nitro benzene ring substituents is 1. The molecule has 84 valence electrons. The predicted molar refractivity (Wildman–Crippen MR) is 58.6 cm³/mol. The number of hydrogen-bond donors (Lipinski definition) is 0. The predicted octanol–water partition coefficient (Wildman–Crippen LogP) is 2.09. The fourth-order valence-corrected chi connectivity index (χ4v) is 1.74. The maximum Gasteiger partial charge on any atom is 0.270 e. The van der Waals surface area contributed by atoms with Crippen molar-refractivity contribution in [1.29, 1.82) is 0 Å². The van der Waals surface area contributed by atoms with E-state index in [1.807, 2.05) is 0 Å². The van der Waals surface area contributed by atoms with Gasteiger partial charge in [0.25, 0.3) is 11.6 Å². The first kappa shape index (κ1) is 10.9. The molecule has 0 aliphatic carbocycles. The molecule has 1 saturated heterocycles. The van der Waals surface area contributed by atoms with Gasteiger partial charge in [0.2, 0.25) is 0 Å². The summed E-state index contributed by atoms with van der Waals surface area (Å²) in [5.74, 6) is -0.161. The van der Waals surface area contributed by atoms with Crippen LogP contribution in [0.5, 0.6) is 0 Å². The molecule has 0 unspecified atom stereocenters. The van der Waals surface area contributed by atoms with Crippen LogP contribution in [0, 0.1) is 10.1 Å². The summed E-state index contributed by atoms with van der Waals surface area (Å²) in [5.41, 5.74) is 0.220. The summed E-state index contributed by atoms with van der Waals surface area (Å²) in [4.78, 5) is 23.4. The van der Waals surface area contributed by atoms with Crippen LogP contribution >= 0.6 is 11.6 Å². The van der Waals surface area contributed by atoms with Crippen molar-refractivity contribution in [2.45, 2.75) is 6.42 Å². The number of rotatable bonds is 2. The third-order valence-corrected chi connectivity index (χ3v) is 2.85. The van der Waals surface area contributed by atoms with Gasteiger partial charge in [-0.1, -0.05) is 11.6 Å². The third-order valence-electron chi connectivity index (χ3n) is 2.54. The molecule has 5 nitrogen and oxygen atoms in total. The minimum absolute atomic E-state index is 0.106. The van der Waals surface area contributed by atoms with E-state index in [0.717, 1.165) is 19.5 Å². The van der Waals surface area contributed by atoms with Crippen LogP contribution in [-0.4, -0.2) is 28.8 Å². The van der Waals surface area contributed by atoms with Gasteiger partial charge in [-0.15, -0.1) is 0 Å². The normalized spacial score (nSPS) is 14.4. The van der Waals surface area contributed by atoms with Gasteiger partial charge in [0, 0.05) is 25.2 Å². The van der Waals surface area contributed by atoms with Crippen LogP contribution in [0.4, 0.5) is 5.69 Å². The van der Waals surface area contributed by atoms with E-state index in [4.69, 9.17) is 11.6 Å². The van der Waals surface area contributed by atoms with Gasteiger partial charge < -0.3 is 4.90 Å².